The molecule has 0 N–H and O–H groups in total. The average molecular weight is 307 g/mol. The van der Waals surface area contributed by atoms with Crippen LogP contribution in [0.25, 0.3) is 22.0 Å². The molecule has 0 spiro atoms. The smallest absolute Gasteiger partial charge is 0.269 e. The van der Waals surface area contributed by atoms with Gasteiger partial charge in [-0.05, 0) is 25.3 Å². The van der Waals surface area contributed by atoms with E-state index in [-0.39, 0.29) is 11.8 Å². The van der Waals surface area contributed by atoms with E-state index < -0.39 is 0 Å². The van der Waals surface area contributed by atoms with E-state index in [0.29, 0.717) is 6.61 Å². The van der Waals surface area contributed by atoms with Crippen LogP contribution in [0.15, 0.2) is 53.6 Å². The Morgan fingerprint density at radius 3 is 2.91 bits per heavy atom. The van der Waals surface area contributed by atoms with Gasteiger partial charge in [-0.2, -0.15) is 5.10 Å². The molecule has 1 unspecified atom stereocenters. The molecule has 1 aliphatic heterocycles. The molecule has 5 heteroatoms. The van der Waals surface area contributed by atoms with E-state index in [2.05, 4.69) is 10.1 Å². The molecule has 0 aliphatic carbocycles. The second kappa shape index (κ2) is 5.93. The molecule has 3 aromatic rings. The molecule has 1 atom stereocenters. The highest BCUT2D eigenvalue weighted by molar-refractivity contribution is 5.93. The van der Waals surface area contributed by atoms with Gasteiger partial charge in [0.1, 0.15) is 0 Å². The number of fused-ring (bicyclic) bond motifs is 1. The van der Waals surface area contributed by atoms with Crippen molar-refractivity contribution >= 4 is 10.9 Å². The molecule has 0 saturated carbocycles. The molecule has 116 valence electrons. The summed E-state index contributed by atoms with van der Waals surface area (Å²) in [5.41, 5.74) is 2.45. The Morgan fingerprint density at radius 1 is 1.17 bits per heavy atom. The van der Waals surface area contributed by atoms with Gasteiger partial charge in [0.2, 0.25) is 0 Å². The molecular formula is C18H17N3O2. The fourth-order valence-electron chi connectivity index (χ4n) is 3.04. The van der Waals surface area contributed by atoms with Gasteiger partial charge < -0.3 is 4.74 Å². The normalized spacial score (nSPS) is 18.2. The van der Waals surface area contributed by atoms with Gasteiger partial charge >= 0.3 is 0 Å². The topological polar surface area (TPSA) is 57.0 Å². The van der Waals surface area contributed by atoms with E-state index in [1.165, 1.54) is 4.68 Å². The van der Waals surface area contributed by atoms with Crippen LogP contribution in [0.3, 0.4) is 0 Å². The van der Waals surface area contributed by atoms with Crippen LogP contribution in [0.5, 0.6) is 0 Å². The highest BCUT2D eigenvalue weighted by atomic mass is 16.5. The Hall–Kier alpha value is -2.53. The Balaban J connectivity index is 1.77. The van der Waals surface area contributed by atoms with Crippen molar-refractivity contribution in [3.63, 3.8) is 0 Å². The van der Waals surface area contributed by atoms with Crippen LogP contribution in [-0.4, -0.2) is 21.4 Å². The fraction of sp³-hybridized carbons (Fsp3) is 0.278. The number of rotatable bonds is 2. The quantitative estimate of drug-likeness (QED) is 0.730. The van der Waals surface area contributed by atoms with Crippen LogP contribution in [-0.2, 0) is 4.74 Å². The lowest BCUT2D eigenvalue weighted by atomic mass is 10.0. The number of ether oxygens (including phenoxy) is 1. The number of hydrogen-bond donors (Lipinski definition) is 0. The summed E-state index contributed by atoms with van der Waals surface area (Å²) < 4.78 is 7.09. The Morgan fingerprint density at radius 2 is 2.09 bits per heavy atom. The van der Waals surface area contributed by atoms with Crippen LogP contribution >= 0.6 is 0 Å². The second-order valence-electron chi connectivity index (χ2n) is 5.73. The molecule has 3 heterocycles. The Labute approximate surface area is 133 Å². The molecule has 1 saturated heterocycles. The summed E-state index contributed by atoms with van der Waals surface area (Å²) in [4.78, 5) is 16.9. The molecular weight excluding hydrogens is 290 g/mol. The lowest BCUT2D eigenvalue weighted by Crippen LogP contribution is -2.30. The van der Waals surface area contributed by atoms with E-state index in [0.717, 1.165) is 41.3 Å². The molecule has 2 aromatic heterocycles. The number of para-hydroxylation sites is 1. The predicted octanol–water partition coefficient (Wildman–Crippen LogP) is 3.16. The average Bonchev–Trinajstić information content (AvgIpc) is 2.62. The van der Waals surface area contributed by atoms with Crippen LogP contribution in [0.2, 0.25) is 0 Å². The molecule has 23 heavy (non-hydrogen) atoms. The van der Waals surface area contributed by atoms with Gasteiger partial charge in [-0.3, -0.25) is 9.78 Å². The zero-order chi connectivity index (χ0) is 15.6. The molecule has 1 fully saturated rings. The summed E-state index contributed by atoms with van der Waals surface area (Å²) in [5, 5.41) is 5.38. The third kappa shape index (κ3) is 2.64. The van der Waals surface area contributed by atoms with Gasteiger partial charge in [0.25, 0.3) is 5.56 Å². The first kappa shape index (κ1) is 14.1. The summed E-state index contributed by atoms with van der Waals surface area (Å²) in [6, 6.07) is 11.5. The third-order valence-electron chi connectivity index (χ3n) is 4.20. The molecule has 0 radical (unpaired) electrons. The lowest BCUT2D eigenvalue weighted by Gasteiger charge is -2.23. The third-order valence-corrected chi connectivity index (χ3v) is 4.20. The van der Waals surface area contributed by atoms with Crippen molar-refractivity contribution in [1.29, 1.82) is 0 Å². The molecule has 1 aromatic carbocycles. The van der Waals surface area contributed by atoms with Crippen LogP contribution in [0.4, 0.5) is 0 Å². The molecule has 0 amide bonds. The minimum Gasteiger partial charge on any atom is -0.356 e. The van der Waals surface area contributed by atoms with E-state index in [1.54, 1.807) is 18.5 Å². The molecule has 5 nitrogen and oxygen atoms in total. The Bertz CT molecular complexity index is 893. The second-order valence-corrected chi connectivity index (χ2v) is 5.73. The SMILES string of the molecule is O=c1cc(-c2cccc3cccnc23)cnn1C1CCCCO1. The number of aromatic nitrogens is 3. The van der Waals surface area contributed by atoms with E-state index in [4.69, 9.17) is 4.74 Å². The summed E-state index contributed by atoms with van der Waals surface area (Å²) >= 11 is 0. The van der Waals surface area contributed by atoms with Crippen molar-refractivity contribution < 1.29 is 4.74 Å². The van der Waals surface area contributed by atoms with Gasteiger partial charge in [0.05, 0.1) is 11.7 Å². The standard InChI is InChI=1S/C18H17N3O2/c22-16-11-14(12-20-21(16)17-8-1-2-10-23-17)15-7-3-5-13-6-4-9-19-18(13)15/h3-7,9,11-12,17H,1-2,8,10H2. The maximum Gasteiger partial charge on any atom is 0.269 e. The molecule has 0 bridgehead atoms. The van der Waals surface area contributed by atoms with Crippen molar-refractivity contribution in [2.75, 3.05) is 6.61 Å². The molecule has 4 rings (SSSR count). The highest BCUT2D eigenvalue weighted by Gasteiger charge is 2.18. The van der Waals surface area contributed by atoms with Crippen molar-refractivity contribution in [3.05, 3.63) is 59.1 Å². The number of benzene rings is 1. The van der Waals surface area contributed by atoms with Crippen LogP contribution < -0.4 is 5.56 Å². The van der Waals surface area contributed by atoms with E-state index in [9.17, 15) is 4.79 Å². The number of hydrogen-bond acceptors (Lipinski definition) is 4. The zero-order valence-corrected chi connectivity index (χ0v) is 12.7. The minimum absolute atomic E-state index is 0.137. The molecule has 1 aliphatic rings. The predicted molar refractivity (Wildman–Crippen MR) is 88.1 cm³/mol. The van der Waals surface area contributed by atoms with Gasteiger partial charge in [-0.15, -0.1) is 0 Å². The largest absolute Gasteiger partial charge is 0.356 e. The van der Waals surface area contributed by atoms with Crippen LogP contribution in [0, 0.1) is 0 Å². The zero-order valence-electron chi connectivity index (χ0n) is 12.7. The maximum atomic E-state index is 12.4. The van der Waals surface area contributed by atoms with Gasteiger partial charge in [-0.25, -0.2) is 4.68 Å². The number of nitrogens with zero attached hydrogens (tertiary/aromatic N) is 3. The lowest BCUT2D eigenvalue weighted by molar-refractivity contribution is -0.0424. The monoisotopic (exact) mass is 307 g/mol. The summed E-state index contributed by atoms with van der Waals surface area (Å²) in [5.74, 6) is 0. The first-order chi connectivity index (χ1) is 11.3. The summed E-state index contributed by atoms with van der Waals surface area (Å²) in [6.45, 7) is 0.688. The summed E-state index contributed by atoms with van der Waals surface area (Å²) in [7, 11) is 0. The van der Waals surface area contributed by atoms with Crippen LogP contribution in [0.1, 0.15) is 25.5 Å². The van der Waals surface area contributed by atoms with Crippen molar-refractivity contribution in [1.82, 2.24) is 14.8 Å². The maximum absolute atomic E-state index is 12.4. The van der Waals surface area contributed by atoms with E-state index in [1.807, 2.05) is 30.3 Å². The van der Waals surface area contributed by atoms with Crippen molar-refractivity contribution in [2.24, 2.45) is 0 Å². The first-order valence-corrected chi connectivity index (χ1v) is 7.87. The van der Waals surface area contributed by atoms with Gasteiger partial charge in [0, 0.05) is 35.4 Å². The van der Waals surface area contributed by atoms with Gasteiger partial charge in [-0.1, -0.05) is 24.3 Å². The van der Waals surface area contributed by atoms with E-state index >= 15 is 0 Å². The highest BCUT2D eigenvalue weighted by Crippen LogP contribution is 2.26. The van der Waals surface area contributed by atoms with Gasteiger partial charge in [0.15, 0.2) is 6.23 Å². The first-order valence-electron chi connectivity index (χ1n) is 7.87. The Kier molecular flexibility index (Phi) is 3.63. The summed E-state index contributed by atoms with van der Waals surface area (Å²) in [6.07, 6.45) is 6.19. The number of pyridine rings is 1. The minimum atomic E-state index is -0.240. The fourth-order valence-corrected chi connectivity index (χ4v) is 3.04. The van der Waals surface area contributed by atoms with Crippen molar-refractivity contribution in [2.45, 2.75) is 25.5 Å². The van der Waals surface area contributed by atoms with Crippen molar-refractivity contribution in [3.8, 4) is 11.1 Å².